The standard InChI is InChI=1S/C25H41N7O6/c26-12-6-4-10-18(23(35)31-19(25(37)38)11-5-7-13-27)30-24(36)20(14-16-8-2-1-3-9-16)32-22(34)17(28)15-21(29)33/h1-3,8-9,17-20H,4-7,10-15,26-28H2,(H2,29,33)(H,30,36)(H,31,35)(H,32,34)(H,37,38). The number of benzene rings is 1. The maximum absolute atomic E-state index is 13.3. The molecular formula is C25H41N7O6. The number of nitrogens with two attached hydrogens (primary N) is 4. The van der Waals surface area contributed by atoms with Gasteiger partial charge >= 0.3 is 5.97 Å². The van der Waals surface area contributed by atoms with Gasteiger partial charge in [-0.05, 0) is 57.2 Å². The van der Waals surface area contributed by atoms with Gasteiger partial charge in [0.2, 0.25) is 23.6 Å². The zero-order valence-electron chi connectivity index (χ0n) is 21.6. The van der Waals surface area contributed by atoms with E-state index < -0.39 is 60.2 Å². The summed E-state index contributed by atoms with van der Waals surface area (Å²) in [4.78, 5) is 61.8. The molecule has 4 amide bonds. The second kappa shape index (κ2) is 17.8. The molecule has 0 spiro atoms. The minimum absolute atomic E-state index is 0.0791. The van der Waals surface area contributed by atoms with Gasteiger partial charge in [-0.3, -0.25) is 19.2 Å². The quantitative estimate of drug-likeness (QED) is 0.0932. The molecule has 0 aliphatic carbocycles. The summed E-state index contributed by atoms with van der Waals surface area (Å²) in [7, 11) is 0. The molecule has 0 heterocycles. The molecule has 4 atom stereocenters. The molecule has 12 N–H and O–H groups in total. The van der Waals surface area contributed by atoms with Gasteiger partial charge in [-0.1, -0.05) is 30.3 Å². The number of rotatable bonds is 19. The number of nitrogens with one attached hydrogen (secondary N) is 3. The number of carbonyl (C=O) groups is 5. The molecule has 13 heteroatoms. The van der Waals surface area contributed by atoms with Crippen LogP contribution in [0.25, 0.3) is 0 Å². The van der Waals surface area contributed by atoms with Crippen molar-refractivity contribution in [3.05, 3.63) is 35.9 Å². The molecule has 4 unspecified atom stereocenters. The predicted octanol–water partition coefficient (Wildman–Crippen LogP) is -1.77. The molecule has 1 aromatic carbocycles. The number of amides is 4. The molecule has 0 bridgehead atoms. The monoisotopic (exact) mass is 535 g/mol. The molecule has 38 heavy (non-hydrogen) atoms. The Morgan fingerprint density at radius 1 is 0.737 bits per heavy atom. The van der Waals surface area contributed by atoms with Crippen molar-refractivity contribution in [2.24, 2.45) is 22.9 Å². The summed E-state index contributed by atoms with van der Waals surface area (Å²) < 4.78 is 0. The molecule has 0 fully saturated rings. The average molecular weight is 536 g/mol. The van der Waals surface area contributed by atoms with Gasteiger partial charge in [0.1, 0.15) is 18.1 Å². The number of carboxylic acids is 1. The Labute approximate surface area is 222 Å². The normalized spacial score (nSPS) is 14.0. The molecule has 13 nitrogen and oxygen atoms in total. The lowest BCUT2D eigenvalue weighted by atomic mass is 10.0. The molecular weight excluding hydrogens is 494 g/mol. The zero-order chi connectivity index (χ0) is 28.5. The lowest BCUT2D eigenvalue weighted by Crippen LogP contribution is -2.57. The van der Waals surface area contributed by atoms with Gasteiger partial charge < -0.3 is 44.0 Å². The number of carboxylic acid groups (broad SMARTS) is 1. The van der Waals surface area contributed by atoms with E-state index in [2.05, 4.69) is 16.0 Å². The highest BCUT2D eigenvalue weighted by Gasteiger charge is 2.30. The highest BCUT2D eigenvalue weighted by Crippen LogP contribution is 2.08. The fourth-order valence-corrected chi connectivity index (χ4v) is 3.70. The number of carbonyl (C=O) groups excluding carboxylic acids is 4. The molecule has 1 aromatic rings. The predicted molar refractivity (Wildman–Crippen MR) is 141 cm³/mol. The zero-order valence-corrected chi connectivity index (χ0v) is 21.6. The molecule has 0 aliphatic heterocycles. The number of unbranched alkanes of at least 4 members (excludes halogenated alkanes) is 2. The van der Waals surface area contributed by atoms with Gasteiger partial charge in [0.15, 0.2) is 0 Å². The molecule has 0 saturated heterocycles. The number of hydrogen-bond donors (Lipinski definition) is 8. The number of primary amides is 1. The summed E-state index contributed by atoms with van der Waals surface area (Å²) in [6, 6.07) is 4.26. The van der Waals surface area contributed by atoms with Gasteiger partial charge in [-0.2, -0.15) is 0 Å². The van der Waals surface area contributed by atoms with Crippen LogP contribution in [0.1, 0.15) is 50.5 Å². The van der Waals surface area contributed by atoms with Crippen LogP contribution in [-0.2, 0) is 30.4 Å². The van der Waals surface area contributed by atoms with Crippen molar-refractivity contribution < 1.29 is 29.1 Å². The van der Waals surface area contributed by atoms with Crippen molar-refractivity contribution >= 4 is 29.6 Å². The maximum Gasteiger partial charge on any atom is 0.326 e. The van der Waals surface area contributed by atoms with Gasteiger partial charge in [0.05, 0.1) is 12.5 Å². The van der Waals surface area contributed by atoms with E-state index in [4.69, 9.17) is 22.9 Å². The molecule has 0 aromatic heterocycles. The van der Waals surface area contributed by atoms with Crippen molar-refractivity contribution in [2.75, 3.05) is 13.1 Å². The van der Waals surface area contributed by atoms with Gasteiger partial charge in [0, 0.05) is 6.42 Å². The molecule has 0 aliphatic rings. The third-order valence-electron chi connectivity index (χ3n) is 5.81. The second-order valence-electron chi connectivity index (χ2n) is 9.06. The van der Waals surface area contributed by atoms with Crippen LogP contribution in [0.2, 0.25) is 0 Å². The van der Waals surface area contributed by atoms with Crippen LogP contribution < -0.4 is 38.9 Å². The van der Waals surface area contributed by atoms with Crippen LogP contribution in [0, 0.1) is 0 Å². The van der Waals surface area contributed by atoms with Crippen LogP contribution in [0.15, 0.2) is 30.3 Å². The smallest absolute Gasteiger partial charge is 0.326 e. The second-order valence-corrected chi connectivity index (χ2v) is 9.06. The first-order chi connectivity index (χ1) is 18.1. The number of aliphatic carboxylic acids is 1. The van der Waals surface area contributed by atoms with Gasteiger partial charge in [0.25, 0.3) is 0 Å². The van der Waals surface area contributed by atoms with Crippen LogP contribution in [0.5, 0.6) is 0 Å². The van der Waals surface area contributed by atoms with E-state index in [1.54, 1.807) is 30.3 Å². The minimum atomic E-state index is -1.26. The Kier molecular flexibility index (Phi) is 15.2. The van der Waals surface area contributed by atoms with Crippen LogP contribution >= 0.6 is 0 Å². The SMILES string of the molecule is NCCCCC(NC(=O)C(CCCCN)NC(=O)C(Cc1ccccc1)NC(=O)C(N)CC(N)=O)C(=O)O. The molecule has 212 valence electrons. The Balaban J connectivity index is 3.08. The van der Waals surface area contributed by atoms with E-state index in [-0.39, 0.29) is 19.3 Å². The first kappa shape index (κ1) is 32.5. The Morgan fingerprint density at radius 2 is 1.24 bits per heavy atom. The van der Waals surface area contributed by atoms with E-state index in [0.717, 1.165) is 5.56 Å². The van der Waals surface area contributed by atoms with E-state index in [1.165, 1.54) is 0 Å². The summed E-state index contributed by atoms with van der Waals surface area (Å²) in [5.74, 6) is -4.05. The lowest BCUT2D eigenvalue weighted by molar-refractivity contribution is -0.142. The van der Waals surface area contributed by atoms with E-state index in [0.29, 0.717) is 38.8 Å². The van der Waals surface area contributed by atoms with Crippen molar-refractivity contribution in [3.8, 4) is 0 Å². The molecule has 1 rings (SSSR count). The van der Waals surface area contributed by atoms with Gasteiger partial charge in [-0.15, -0.1) is 0 Å². The highest BCUT2D eigenvalue weighted by atomic mass is 16.4. The van der Waals surface area contributed by atoms with Crippen molar-refractivity contribution in [3.63, 3.8) is 0 Å². The summed E-state index contributed by atoms with van der Waals surface area (Å²) in [5, 5.41) is 17.2. The number of hydrogen-bond acceptors (Lipinski definition) is 8. The van der Waals surface area contributed by atoms with Gasteiger partial charge in [-0.25, -0.2) is 4.79 Å². The van der Waals surface area contributed by atoms with Crippen LogP contribution in [-0.4, -0.2) is 72.0 Å². The third kappa shape index (κ3) is 12.6. The summed E-state index contributed by atoms with van der Waals surface area (Å²) in [5.41, 5.74) is 22.6. The van der Waals surface area contributed by atoms with Crippen molar-refractivity contribution in [2.45, 2.75) is 75.5 Å². The van der Waals surface area contributed by atoms with E-state index in [1.807, 2.05) is 0 Å². The first-order valence-electron chi connectivity index (χ1n) is 12.7. The minimum Gasteiger partial charge on any atom is -0.480 e. The fraction of sp³-hybridized carbons (Fsp3) is 0.560. The first-order valence-corrected chi connectivity index (χ1v) is 12.7. The van der Waals surface area contributed by atoms with Crippen LogP contribution in [0.4, 0.5) is 0 Å². The summed E-state index contributed by atoms with van der Waals surface area (Å²) in [6.07, 6.45) is 2.27. The summed E-state index contributed by atoms with van der Waals surface area (Å²) >= 11 is 0. The average Bonchev–Trinajstić information content (AvgIpc) is 2.87. The third-order valence-corrected chi connectivity index (χ3v) is 5.81. The topological polar surface area (TPSA) is 246 Å². The maximum atomic E-state index is 13.3. The lowest BCUT2D eigenvalue weighted by Gasteiger charge is -2.25. The van der Waals surface area contributed by atoms with E-state index >= 15 is 0 Å². The van der Waals surface area contributed by atoms with Crippen LogP contribution in [0.3, 0.4) is 0 Å². The van der Waals surface area contributed by atoms with Crippen molar-refractivity contribution in [1.82, 2.24) is 16.0 Å². The van der Waals surface area contributed by atoms with Crippen molar-refractivity contribution in [1.29, 1.82) is 0 Å². The molecule has 0 radical (unpaired) electrons. The fourth-order valence-electron chi connectivity index (χ4n) is 3.70. The Hall–Kier alpha value is -3.55. The largest absolute Gasteiger partial charge is 0.480 e. The molecule has 0 saturated carbocycles. The highest BCUT2D eigenvalue weighted by molar-refractivity contribution is 5.95. The Morgan fingerprint density at radius 3 is 1.76 bits per heavy atom. The Bertz CT molecular complexity index is 915. The van der Waals surface area contributed by atoms with E-state index in [9.17, 15) is 29.1 Å². The summed E-state index contributed by atoms with van der Waals surface area (Å²) in [6.45, 7) is 0.777.